The number of benzene rings is 1. The minimum absolute atomic E-state index is 0.0664. The predicted octanol–water partition coefficient (Wildman–Crippen LogP) is 3.38. The zero-order valence-corrected chi connectivity index (χ0v) is 22.1. The number of aryl methyl sites for hydroxylation is 1. The molecule has 1 amide bonds. The van der Waals surface area contributed by atoms with E-state index in [1.54, 1.807) is 13.0 Å². The highest BCUT2D eigenvalue weighted by molar-refractivity contribution is 5.85. The molecule has 3 aliphatic rings. The number of fused-ring (bicyclic) bond motifs is 1. The number of likely N-dealkylation sites (tertiary alicyclic amines) is 1. The van der Waals surface area contributed by atoms with Crippen LogP contribution in [0.4, 0.5) is 19.0 Å². The fourth-order valence-electron chi connectivity index (χ4n) is 6.20. The Morgan fingerprint density at radius 2 is 1.97 bits per heavy atom. The first-order valence-corrected chi connectivity index (χ1v) is 13.3. The molecule has 3 atom stereocenters. The van der Waals surface area contributed by atoms with E-state index in [-0.39, 0.29) is 29.9 Å². The van der Waals surface area contributed by atoms with Crippen molar-refractivity contribution in [2.24, 2.45) is 5.41 Å². The number of β-amino-alcohol motifs (C(OH)–C–C–N with tert-alkyl or cyclic N) is 1. The van der Waals surface area contributed by atoms with Gasteiger partial charge in [-0.3, -0.25) is 20.1 Å². The van der Waals surface area contributed by atoms with Crippen LogP contribution >= 0.6 is 0 Å². The molecule has 0 bridgehead atoms. The normalized spacial score (nSPS) is 23.6. The summed E-state index contributed by atoms with van der Waals surface area (Å²) in [5.41, 5.74) is 3.28. The maximum Gasteiger partial charge on any atom is 0.417 e. The summed E-state index contributed by atoms with van der Waals surface area (Å²) in [5, 5.41) is 25.1. The highest BCUT2D eigenvalue weighted by Crippen LogP contribution is 2.38. The fourth-order valence-corrected chi connectivity index (χ4v) is 6.20. The first-order chi connectivity index (χ1) is 18.5. The van der Waals surface area contributed by atoms with Crippen molar-refractivity contribution in [2.75, 3.05) is 44.7 Å². The van der Waals surface area contributed by atoms with E-state index in [4.69, 9.17) is 0 Å². The number of aliphatic hydroxyl groups excluding tert-OH is 1. The molecule has 11 heteroatoms. The van der Waals surface area contributed by atoms with Gasteiger partial charge in [-0.05, 0) is 49.8 Å². The van der Waals surface area contributed by atoms with Crippen LogP contribution in [0, 0.1) is 23.7 Å². The predicted molar refractivity (Wildman–Crippen MR) is 139 cm³/mol. The second-order valence-corrected chi connectivity index (χ2v) is 11.2. The highest BCUT2D eigenvalue weighted by Gasteiger charge is 2.47. The van der Waals surface area contributed by atoms with Crippen LogP contribution < -0.4 is 10.7 Å². The number of rotatable bonds is 6. The summed E-state index contributed by atoms with van der Waals surface area (Å²) in [6, 6.07) is 10.1. The number of carbonyl (C=O) groups excluding carboxylic acids is 1. The summed E-state index contributed by atoms with van der Waals surface area (Å²) in [4.78, 5) is 19.9. The number of hydrogen-bond acceptors (Lipinski definition) is 7. The molecule has 1 aromatic carbocycles. The van der Waals surface area contributed by atoms with Crippen LogP contribution in [0.15, 0.2) is 30.3 Å². The molecule has 5 rings (SSSR count). The Morgan fingerprint density at radius 1 is 1.28 bits per heavy atom. The molecule has 2 aromatic rings. The molecule has 1 spiro atoms. The van der Waals surface area contributed by atoms with E-state index in [9.17, 15) is 28.3 Å². The lowest BCUT2D eigenvalue weighted by molar-refractivity contribution is -0.137. The third kappa shape index (κ3) is 5.46. The lowest BCUT2D eigenvalue weighted by atomic mass is 9.74. The van der Waals surface area contributed by atoms with Gasteiger partial charge in [0.05, 0.1) is 17.6 Å². The number of anilines is 1. The van der Waals surface area contributed by atoms with Gasteiger partial charge >= 0.3 is 6.18 Å². The van der Waals surface area contributed by atoms with Crippen LogP contribution in [0.2, 0.25) is 0 Å². The van der Waals surface area contributed by atoms with Gasteiger partial charge < -0.3 is 10.4 Å². The Balaban J connectivity index is 1.37. The molecule has 2 saturated heterocycles. The van der Waals surface area contributed by atoms with Crippen molar-refractivity contribution in [3.63, 3.8) is 0 Å². The molecule has 4 heterocycles. The molecule has 3 unspecified atom stereocenters. The molecule has 208 valence electrons. The number of nitriles is 1. The molecule has 8 nitrogen and oxygen atoms in total. The van der Waals surface area contributed by atoms with Crippen molar-refractivity contribution >= 4 is 11.7 Å². The van der Waals surface area contributed by atoms with Crippen LogP contribution in [-0.2, 0) is 11.0 Å². The molecule has 39 heavy (non-hydrogen) atoms. The number of hydrogen-bond donors (Lipinski definition) is 3. The van der Waals surface area contributed by atoms with E-state index in [1.165, 1.54) is 11.9 Å². The van der Waals surface area contributed by atoms with Crippen molar-refractivity contribution in [3.05, 3.63) is 58.3 Å². The van der Waals surface area contributed by atoms with E-state index in [0.717, 1.165) is 43.4 Å². The fraction of sp³-hybridized carbons (Fsp3) is 0.536. The Hall–Kier alpha value is -3.20. The molecule has 0 aliphatic carbocycles. The minimum Gasteiger partial charge on any atom is -0.392 e. The van der Waals surface area contributed by atoms with Gasteiger partial charge in [0.2, 0.25) is 5.91 Å². The second kappa shape index (κ2) is 10.4. The number of hydrazine groups is 1. The minimum atomic E-state index is -4.74. The highest BCUT2D eigenvalue weighted by atomic mass is 19.4. The van der Waals surface area contributed by atoms with Gasteiger partial charge in [0.15, 0.2) is 5.82 Å². The van der Waals surface area contributed by atoms with E-state index < -0.39 is 29.3 Å². The number of nitrogens with zero attached hydrogens (tertiary/aromatic N) is 4. The van der Waals surface area contributed by atoms with E-state index in [1.807, 2.05) is 24.3 Å². The first-order valence-electron chi connectivity index (χ1n) is 13.3. The smallest absolute Gasteiger partial charge is 0.392 e. The van der Waals surface area contributed by atoms with Gasteiger partial charge in [-0.25, -0.2) is 4.98 Å². The van der Waals surface area contributed by atoms with Gasteiger partial charge in [-0.2, -0.15) is 18.4 Å². The van der Waals surface area contributed by atoms with Crippen LogP contribution in [-0.4, -0.2) is 71.3 Å². The van der Waals surface area contributed by atoms with Gasteiger partial charge in [0, 0.05) is 50.4 Å². The number of alkyl halides is 3. The third-order valence-corrected chi connectivity index (χ3v) is 8.19. The van der Waals surface area contributed by atoms with Gasteiger partial charge in [0.1, 0.15) is 11.6 Å². The van der Waals surface area contributed by atoms with Crippen molar-refractivity contribution in [2.45, 2.75) is 50.8 Å². The van der Waals surface area contributed by atoms with Crippen LogP contribution in [0.25, 0.3) is 0 Å². The molecule has 3 N–H and O–H groups in total. The number of pyridine rings is 1. The van der Waals surface area contributed by atoms with E-state index >= 15 is 0 Å². The summed E-state index contributed by atoms with van der Waals surface area (Å²) in [6.45, 7) is 7.94. The largest absolute Gasteiger partial charge is 0.417 e. The molecular weight excluding hydrogens is 509 g/mol. The molecule has 0 saturated carbocycles. The monoisotopic (exact) mass is 542 g/mol. The number of nitrogens with one attached hydrogen (secondary N) is 2. The first kappa shape index (κ1) is 27.4. The SMILES string of the molecule is Cc1cc(C(F)(F)F)c(C#N)c(NN2CCC(CC(O)CN3CC4(CNC4)C3)c3ccccc3C(C)C2=O)n1. The van der Waals surface area contributed by atoms with Crippen LogP contribution in [0.5, 0.6) is 0 Å². The Labute approximate surface area is 225 Å². The number of amides is 1. The number of aliphatic hydroxyl groups is 1. The molecule has 0 radical (unpaired) electrons. The molecule has 1 aromatic heterocycles. The summed E-state index contributed by atoms with van der Waals surface area (Å²) >= 11 is 0. The third-order valence-electron chi connectivity index (χ3n) is 8.19. The van der Waals surface area contributed by atoms with Crippen molar-refractivity contribution in [1.82, 2.24) is 20.2 Å². The zero-order valence-electron chi connectivity index (χ0n) is 22.1. The lowest BCUT2D eigenvalue weighted by Crippen LogP contribution is -2.71. The Kier molecular flexibility index (Phi) is 7.31. The van der Waals surface area contributed by atoms with Gasteiger partial charge in [0.25, 0.3) is 0 Å². The van der Waals surface area contributed by atoms with E-state index in [2.05, 4.69) is 20.6 Å². The maximum atomic E-state index is 13.6. The van der Waals surface area contributed by atoms with Crippen molar-refractivity contribution in [1.29, 1.82) is 5.26 Å². The summed E-state index contributed by atoms with van der Waals surface area (Å²) in [6.07, 6.45) is -4.32. The average molecular weight is 543 g/mol. The number of carbonyl (C=O) groups is 1. The van der Waals surface area contributed by atoms with Crippen molar-refractivity contribution < 1.29 is 23.1 Å². The molecule has 2 fully saturated rings. The maximum absolute atomic E-state index is 13.6. The summed E-state index contributed by atoms with van der Waals surface area (Å²) in [5.74, 6) is -1.29. The number of halogens is 3. The summed E-state index contributed by atoms with van der Waals surface area (Å²) < 4.78 is 40.9. The molecule has 3 aliphatic heterocycles. The number of aromatic nitrogens is 1. The lowest BCUT2D eigenvalue weighted by Gasteiger charge is -2.56. The summed E-state index contributed by atoms with van der Waals surface area (Å²) in [7, 11) is 0. The van der Waals surface area contributed by atoms with Gasteiger partial charge in [-0.1, -0.05) is 24.3 Å². The molecular formula is C28H33F3N6O2. The average Bonchev–Trinajstić information content (AvgIpc) is 2.84. The van der Waals surface area contributed by atoms with Crippen LogP contribution in [0.3, 0.4) is 0 Å². The zero-order chi connectivity index (χ0) is 27.9. The van der Waals surface area contributed by atoms with Crippen LogP contribution in [0.1, 0.15) is 59.5 Å². The second-order valence-electron chi connectivity index (χ2n) is 11.2. The van der Waals surface area contributed by atoms with E-state index in [0.29, 0.717) is 24.8 Å². The quantitative estimate of drug-likeness (QED) is 0.514. The van der Waals surface area contributed by atoms with Crippen molar-refractivity contribution in [3.8, 4) is 6.07 Å². The van der Waals surface area contributed by atoms with Gasteiger partial charge in [-0.15, -0.1) is 0 Å². The Bertz CT molecular complexity index is 1280. The topological polar surface area (TPSA) is 105 Å². The Morgan fingerprint density at radius 3 is 2.59 bits per heavy atom. The standard InChI is InChI=1S/C28H33F3N6O2/c1-17-9-24(28(29,30)31)23(11-32)25(34-17)35-37-8-7-19(22-6-4-3-5-21(22)18(2)26(37)39)10-20(38)12-36-15-27(16-36)13-33-14-27/h3-6,9,18-20,33,38H,7-8,10,12-16H2,1-2H3,(H,34,35).